The van der Waals surface area contributed by atoms with Crippen molar-refractivity contribution in [2.45, 2.75) is 77.4 Å². The van der Waals surface area contributed by atoms with Crippen LogP contribution in [0.15, 0.2) is 36.4 Å². The van der Waals surface area contributed by atoms with Crippen LogP contribution in [0, 0.1) is 5.92 Å². The van der Waals surface area contributed by atoms with Gasteiger partial charge in [-0.15, -0.1) is 0 Å². The number of nitrogens with zero attached hydrogens (tertiary/aromatic N) is 1. The Morgan fingerprint density at radius 1 is 0.973 bits per heavy atom. The lowest BCUT2D eigenvalue weighted by molar-refractivity contribution is -0.145. The minimum atomic E-state index is -0.580. The number of hydrogen-bond donors (Lipinski definition) is 0. The summed E-state index contributed by atoms with van der Waals surface area (Å²) in [6.45, 7) is 6.11. The van der Waals surface area contributed by atoms with Gasteiger partial charge in [-0.3, -0.25) is 4.79 Å². The summed E-state index contributed by atoms with van der Waals surface area (Å²) in [5.74, 6) is 0.290. The van der Waals surface area contributed by atoms with Gasteiger partial charge in [-0.2, -0.15) is 0 Å². The summed E-state index contributed by atoms with van der Waals surface area (Å²) >= 11 is 0. The predicted octanol–water partition coefficient (Wildman–Crippen LogP) is 6.67. The van der Waals surface area contributed by atoms with E-state index in [-0.39, 0.29) is 17.9 Å². The minimum absolute atomic E-state index is 0.231. The SMILES string of the molecule is COC(=O)C1Cc2cc(OC)ccc2-c2c(C3CCCCC3)c3ccc(C(=O)OC(C)(C)C)cc3n2C1. The number of benzene rings is 2. The molecule has 2 heterocycles. The van der Waals surface area contributed by atoms with E-state index in [2.05, 4.69) is 22.8 Å². The molecule has 5 rings (SSSR count). The molecular formula is C31H37NO5. The standard InChI is InChI=1S/C31H37NO5/c1-31(2,3)37-30(34)20-11-13-25-26(17-20)32-18-22(29(33)36-5)15-21-16-23(35-4)12-14-24(21)28(32)27(25)19-9-7-6-8-10-19/h11-14,16-17,19,22H,6-10,15,18H2,1-5H3. The lowest BCUT2D eigenvalue weighted by Gasteiger charge is -2.24. The Labute approximate surface area is 218 Å². The van der Waals surface area contributed by atoms with Crippen LogP contribution in [0.25, 0.3) is 22.2 Å². The lowest BCUT2D eigenvalue weighted by atomic mass is 9.81. The molecule has 0 spiro atoms. The number of ether oxygens (including phenoxy) is 3. The quantitative estimate of drug-likeness (QED) is 0.372. The van der Waals surface area contributed by atoms with E-state index in [0.29, 0.717) is 24.4 Å². The molecule has 0 N–H and O–H groups in total. The van der Waals surface area contributed by atoms with Gasteiger partial charge in [0.1, 0.15) is 11.4 Å². The fraction of sp³-hybridized carbons (Fsp3) is 0.484. The zero-order chi connectivity index (χ0) is 26.3. The molecule has 0 bridgehead atoms. The first-order chi connectivity index (χ1) is 17.7. The molecule has 0 amide bonds. The molecule has 6 nitrogen and oxygen atoms in total. The normalized spacial score (nSPS) is 18.0. The zero-order valence-corrected chi connectivity index (χ0v) is 22.6. The highest BCUT2D eigenvalue weighted by atomic mass is 16.6. The molecule has 1 atom stereocenters. The van der Waals surface area contributed by atoms with E-state index in [4.69, 9.17) is 14.2 Å². The van der Waals surface area contributed by atoms with Gasteiger partial charge in [0.25, 0.3) is 0 Å². The van der Waals surface area contributed by atoms with E-state index in [9.17, 15) is 9.59 Å². The number of carbonyl (C=O) groups excluding carboxylic acids is 2. The molecule has 1 aliphatic carbocycles. The van der Waals surface area contributed by atoms with E-state index in [1.54, 1.807) is 7.11 Å². The van der Waals surface area contributed by atoms with Gasteiger partial charge in [-0.25, -0.2) is 4.79 Å². The van der Waals surface area contributed by atoms with Crippen LogP contribution in [0.4, 0.5) is 0 Å². The molecule has 1 aromatic heterocycles. The third kappa shape index (κ3) is 4.86. The molecule has 196 valence electrons. The van der Waals surface area contributed by atoms with Crippen LogP contribution in [0.2, 0.25) is 0 Å². The first-order valence-corrected chi connectivity index (χ1v) is 13.3. The van der Waals surface area contributed by atoms with Crippen LogP contribution in [-0.4, -0.2) is 36.3 Å². The van der Waals surface area contributed by atoms with Gasteiger partial charge in [0, 0.05) is 23.0 Å². The van der Waals surface area contributed by atoms with Crippen LogP contribution in [-0.2, 0) is 27.2 Å². The molecule has 37 heavy (non-hydrogen) atoms. The number of rotatable bonds is 4. The highest BCUT2D eigenvalue weighted by Gasteiger charge is 2.34. The maximum Gasteiger partial charge on any atom is 0.338 e. The number of carbonyl (C=O) groups is 2. The van der Waals surface area contributed by atoms with E-state index >= 15 is 0 Å². The smallest absolute Gasteiger partial charge is 0.338 e. The summed E-state index contributed by atoms with van der Waals surface area (Å²) < 4.78 is 18.7. The highest BCUT2D eigenvalue weighted by molar-refractivity contribution is 5.99. The van der Waals surface area contributed by atoms with Crippen LogP contribution < -0.4 is 4.74 Å². The minimum Gasteiger partial charge on any atom is -0.497 e. The number of methoxy groups -OCH3 is 2. The Morgan fingerprint density at radius 2 is 1.73 bits per heavy atom. The Bertz CT molecular complexity index is 1340. The van der Waals surface area contributed by atoms with Crippen molar-refractivity contribution in [3.8, 4) is 17.0 Å². The fourth-order valence-corrected chi connectivity index (χ4v) is 6.10. The Balaban J connectivity index is 1.78. The summed E-state index contributed by atoms with van der Waals surface area (Å²) in [6, 6.07) is 12.1. The van der Waals surface area contributed by atoms with Crippen molar-refractivity contribution in [2.75, 3.05) is 14.2 Å². The summed E-state index contributed by atoms with van der Waals surface area (Å²) in [5.41, 5.74) is 5.62. The maximum atomic E-state index is 13.0. The second-order valence-corrected chi connectivity index (χ2v) is 11.4. The van der Waals surface area contributed by atoms with Crippen molar-refractivity contribution in [1.29, 1.82) is 0 Å². The van der Waals surface area contributed by atoms with E-state index in [1.807, 2.05) is 39.0 Å². The molecule has 2 aromatic carbocycles. The molecule has 1 aliphatic heterocycles. The van der Waals surface area contributed by atoms with Gasteiger partial charge in [-0.1, -0.05) is 25.3 Å². The van der Waals surface area contributed by atoms with Gasteiger partial charge in [0.15, 0.2) is 0 Å². The van der Waals surface area contributed by atoms with Crippen molar-refractivity contribution in [3.05, 3.63) is 53.1 Å². The van der Waals surface area contributed by atoms with Crippen molar-refractivity contribution < 1.29 is 23.8 Å². The first kappa shape index (κ1) is 25.4. The second kappa shape index (κ2) is 9.88. The van der Waals surface area contributed by atoms with Gasteiger partial charge >= 0.3 is 11.9 Å². The molecule has 1 saturated carbocycles. The summed E-state index contributed by atoms with van der Waals surface area (Å²) in [6.07, 6.45) is 6.56. The van der Waals surface area contributed by atoms with E-state index in [0.717, 1.165) is 46.3 Å². The van der Waals surface area contributed by atoms with Gasteiger partial charge in [0.2, 0.25) is 0 Å². The van der Waals surface area contributed by atoms with Crippen LogP contribution in [0.1, 0.15) is 80.3 Å². The molecule has 3 aromatic rings. The fourth-order valence-electron chi connectivity index (χ4n) is 6.10. The predicted molar refractivity (Wildman–Crippen MR) is 144 cm³/mol. The van der Waals surface area contributed by atoms with E-state index in [1.165, 1.54) is 31.9 Å². The topological polar surface area (TPSA) is 66.8 Å². The Hall–Kier alpha value is -3.28. The number of aromatic nitrogens is 1. The van der Waals surface area contributed by atoms with Crippen LogP contribution >= 0.6 is 0 Å². The highest BCUT2D eigenvalue weighted by Crippen LogP contribution is 2.47. The average molecular weight is 504 g/mol. The average Bonchev–Trinajstić information content (AvgIpc) is 3.09. The van der Waals surface area contributed by atoms with E-state index < -0.39 is 5.60 Å². The molecule has 1 unspecified atom stereocenters. The zero-order valence-electron chi connectivity index (χ0n) is 22.6. The number of fused-ring (bicyclic) bond motifs is 5. The molecular weight excluding hydrogens is 466 g/mol. The van der Waals surface area contributed by atoms with Crippen LogP contribution in [0.5, 0.6) is 5.75 Å². The molecule has 0 radical (unpaired) electrons. The summed E-state index contributed by atoms with van der Waals surface area (Å²) in [4.78, 5) is 25.9. The molecule has 2 aliphatic rings. The van der Waals surface area contributed by atoms with Crippen molar-refractivity contribution >= 4 is 22.8 Å². The van der Waals surface area contributed by atoms with Gasteiger partial charge in [0.05, 0.1) is 31.4 Å². The molecule has 1 fully saturated rings. The maximum absolute atomic E-state index is 13.0. The van der Waals surface area contributed by atoms with Gasteiger partial charge in [-0.05, 0) is 87.4 Å². The monoisotopic (exact) mass is 503 g/mol. The van der Waals surface area contributed by atoms with Crippen molar-refractivity contribution in [1.82, 2.24) is 4.57 Å². The van der Waals surface area contributed by atoms with Crippen molar-refractivity contribution in [2.24, 2.45) is 5.92 Å². The third-order valence-electron chi connectivity index (χ3n) is 7.72. The second-order valence-electron chi connectivity index (χ2n) is 11.4. The molecule has 0 saturated heterocycles. The third-order valence-corrected chi connectivity index (χ3v) is 7.72. The Morgan fingerprint density at radius 3 is 2.41 bits per heavy atom. The van der Waals surface area contributed by atoms with Gasteiger partial charge < -0.3 is 18.8 Å². The van der Waals surface area contributed by atoms with Crippen LogP contribution in [0.3, 0.4) is 0 Å². The Kier molecular flexibility index (Phi) is 6.78. The summed E-state index contributed by atoms with van der Waals surface area (Å²) in [7, 11) is 3.11. The summed E-state index contributed by atoms with van der Waals surface area (Å²) in [5, 5.41) is 1.15. The van der Waals surface area contributed by atoms with Crippen molar-refractivity contribution in [3.63, 3.8) is 0 Å². The number of hydrogen-bond acceptors (Lipinski definition) is 5. The molecule has 6 heteroatoms. The largest absolute Gasteiger partial charge is 0.497 e. The lowest BCUT2D eigenvalue weighted by Crippen LogP contribution is -2.24. The number of esters is 2. The first-order valence-electron chi connectivity index (χ1n) is 13.3.